The number of anilines is 2. The molecule has 102 valence electrons. The molecule has 0 saturated carbocycles. The summed E-state index contributed by atoms with van der Waals surface area (Å²) in [6, 6.07) is 4.67. The molecule has 0 aliphatic carbocycles. The van der Waals surface area contributed by atoms with Crippen LogP contribution in [0.25, 0.3) is 0 Å². The zero-order valence-electron chi connectivity index (χ0n) is 10.8. The molecule has 0 heterocycles. The summed E-state index contributed by atoms with van der Waals surface area (Å²) >= 11 is 5.83. The summed E-state index contributed by atoms with van der Waals surface area (Å²) in [6.45, 7) is 6.01. The van der Waals surface area contributed by atoms with Crippen molar-refractivity contribution in [2.45, 2.75) is 27.2 Å². The highest BCUT2D eigenvalue weighted by Gasteiger charge is 2.17. The van der Waals surface area contributed by atoms with Gasteiger partial charge in [0.1, 0.15) is 0 Å². The SMILES string of the molecule is CC(C)(C)CCS(=O)(=O)Nc1ccc(N)c(Cl)c1. The van der Waals surface area contributed by atoms with Crippen molar-refractivity contribution in [1.29, 1.82) is 0 Å². The molecular weight excluding hydrogens is 272 g/mol. The Balaban J connectivity index is 2.74. The minimum atomic E-state index is -3.35. The van der Waals surface area contributed by atoms with Crippen LogP contribution in [0, 0.1) is 5.41 Å². The Morgan fingerprint density at radius 1 is 1.33 bits per heavy atom. The van der Waals surface area contributed by atoms with E-state index in [0.717, 1.165) is 0 Å². The van der Waals surface area contributed by atoms with Crippen LogP contribution < -0.4 is 10.5 Å². The Morgan fingerprint density at radius 3 is 2.44 bits per heavy atom. The second-order valence-electron chi connectivity index (χ2n) is 5.47. The minimum absolute atomic E-state index is 0.0203. The summed E-state index contributed by atoms with van der Waals surface area (Å²) < 4.78 is 26.2. The highest BCUT2D eigenvalue weighted by Crippen LogP contribution is 2.24. The molecule has 1 aromatic carbocycles. The maximum atomic E-state index is 11.9. The average Bonchev–Trinajstić information content (AvgIpc) is 2.20. The second kappa shape index (κ2) is 5.36. The zero-order chi connectivity index (χ0) is 14.0. The summed E-state index contributed by atoms with van der Waals surface area (Å²) in [6.07, 6.45) is 0.588. The molecule has 0 saturated heterocycles. The molecule has 4 nitrogen and oxygen atoms in total. The molecule has 6 heteroatoms. The first-order valence-corrected chi connectivity index (χ1v) is 7.68. The Kier molecular flexibility index (Phi) is 4.50. The predicted octanol–water partition coefficient (Wildman–Crippen LogP) is 3.10. The number of benzene rings is 1. The fraction of sp³-hybridized carbons (Fsp3) is 0.500. The van der Waals surface area contributed by atoms with E-state index in [4.69, 9.17) is 17.3 Å². The van der Waals surface area contributed by atoms with E-state index in [1.54, 1.807) is 12.1 Å². The van der Waals surface area contributed by atoms with Gasteiger partial charge in [0.25, 0.3) is 0 Å². The molecule has 0 fully saturated rings. The smallest absolute Gasteiger partial charge is 0.232 e. The van der Waals surface area contributed by atoms with E-state index in [0.29, 0.717) is 22.8 Å². The molecule has 0 radical (unpaired) electrons. The van der Waals surface area contributed by atoms with Crippen LogP contribution in [0.1, 0.15) is 27.2 Å². The highest BCUT2D eigenvalue weighted by molar-refractivity contribution is 7.92. The van der Waals surface area contributed by atoms with Gasteiger partial charge in [-0.15, -0.1) is 0 Å². The van der Waals surface area contributed by atoms with Crippen LogP contribution in [-0.2, 0) is 10.0 Å². The van der Waals surface area contributed by atoms with E-state index in [9.17, 15) is 8.42 Å². The van der Waals surface area contributed by atoms with Crippen molar-refractivity contribution < 1.29 is 8.42 Å². The van der Waals surface area contributed by atoms with Crippen molar-refractivity contribution >= 4 is 33.0 Å². The molecule has 0 amide bonds. The molecule has 0 spiro atoms. The lowest BCUT2D eigenvalue weighted by Crippen LogP contribution is -2.20. The summed E-state index contributed by atoms with van der Waals surface area (Å²) in [5, 5.41) is 0.339. The van der Waals surface area contributed by atoms with Crippen molar-refractivity contribution in [3.63, 3.8) is 0 Å². The van der Waals surface area contributed by atoms with E-state index in [-0.39, 0.29) is 11.2 Å². The van der Waals surface area contributed by atoms with Crippen LogP contribution in [0.5, 0.6) is 0 Å². The second-order valence-corrected chi connectivity index (χ2v) is 7.72. The minimum Gasteiger partial charge on any atom is -0.398 e. The first-order valence-electron chi connectivity index (χ1n) is 5.65. The van der Waals surface area contributed by atoms with E-state index < -0.39 is 10.0 Å². The highest BCUT2D eigenvalue weighted by atomic mass is 35.5. The van der Waals surface area contributed by atoms with Gasteiger partial charge in [0.2, 0.25) is 10.0 Å². The third-order valence-corrected chi connectivity index (χ3v) is 4.01. The Hall–Kier alpha value is -0.940. The van der Waals surface area contributed by atoms with Gasteiger partial charge in [0.15, 0.2) is 0 Å². The van der Waals surface area contributed by atoms with E-state index in [1.807, 2.05) is 20.8 Å². The number of nitrogen functional groups attached to an aromatic ring is 1. The van der Waals surface area contributed by atoms with Crippen molar-refractivity contribution in [3.8, 4) is 0 Å². The van der Waals surface area contributed by atoms with Crippen LogP contribution >= 0.6 is 11.6 Å². The first-order chi connectivity index (χ1) is 8.09. The maximum Gasteiger partial charge on any atom is 0.232 e. The standard InChI is InChI=1S/C12H19ClN2O2S/c1-12(2,3)6-7-18(16,17)15-9-4-5-11(14)10(13)8-9/h4-5,8,15H,6-7,14H2,1-3H3. The third kappa shape index (κ3) is 5.14. The average molecular weight is 291 g/mol. The molecule has 0 aliphatic rings. The van der Waals surface area contributed by atoms with Crippen molar-refractivity contribution in [3.05, 3.63) is 23.2 Å². The van der Waals surface area contributed by atoms with Gasteiger partial charge in [-0.1, -0.05) is 32.4 Å². The predicted molar refractivity (Wildman–Crippen MR) is 77.3 cm³/mol. The maximum absolute atomic E-state index is 11.9. The molecular formula is C12H19ClN2O2S. The van der Waals surface area contributed by atoms with Gasteiger partial charge in [-0.25, -0.2) is 8.42 Å². The molecule has 0 atom stereocenters. The molecule has 0 unspecified atom stereocenters. The largest absolute Gasteiger partial charge is 0.398 e. The van der Waals surface area contributed by atoms with Gasteiger partial charge in [-0.05, 0) is 30.0 Å². The number of nitrogens with one attached hydrogen (secondary N) is 1. The fourth-order valence-corrected chi connectivity index (χ4v) is 2.91. The van der Waals surface area contributed by atoms with Crippen molar-refractivity contribution in [2.75, 3.05) is 16.2 Å². The molecule has 0 aliphatic heterocycles. The Labute approximate surface area is 114 Å². The van der Waals surface area contributed by atoms with E-state index in [1.165, 1.54) is 6.07 Å². The van der Waals surface area contributed by atoms with Crippen LogP contribution in [0.15, 0.2) is 18.2 Å². The summed E-state index contributed by atoms with van der Waals surface area (Å²) in [7, 11) is -3.35. The van der Waals surface area contributed by atoms with Gasteiger partial charge >= 0.3 is 0 Å². The number of hydrogen-bond donors (Lipinski definition) is 2. The van der Waals surface area contributed by atoms with Gasteiger partial charge in [0.05, 0.1) is 22.2 Å². The fourth-order valence-electron chi connectivity index (χ4n) is 1.26. The Morgan fingerprint density at radius 2 is 1.94 bits per heavy atom. The molecule has 0 bridgehead atoms. The van der Waals surface area contributed by atoms with Crippen LogP contribution in [0.4, 0.5) is 11.4 Å². The quantitative estimate of drug-likeness (QED) is 0.837. The lowest BCUT2D eigenvalue weighted by Gasteiger charge is -2.18. The van der Waals surface area contributed by atoms with Crippen LogP contribution in [-0.4, -0.2) is 14.2 Å². The van der Waals surface area contributed by atoms with Crippen LogP contribution in [0.2, 0.25) is 5.02 Å². The van der Waals surface area contributed by atoms with Gasteiger partial charge < -0.3 is 5.73 Å². The van der Waals surface area contributed by atoms with Gasteiger partial charge in [-0.2, -0.15) is 0 Å². The summed E-state index contributed by atoms with van der Waals surface area (Å²) in [4.78, 5) is 0. The summed E-state index contributed by atoms with van der Waals surface area (Å²) in [5.41, 5.74) is 6.40. The lowest BCUT2D eigenvalue weighted by molar-refractivity contribution is 0.397. The monoisotopic (exact) mass is 290 g/mol. The van der Waals surface area contributed by atoms with E-state index >= 15 is 0 Å². The van der Waals surface area contributed by atoms with E-state index in [2.05, 4.69) is 4.72 Å². The number of sulfonamides is 1. The van der Waals surface area contributed by atoms with Gasteiger partial charge in [0, 0.05) is 0 Å². The molecule has 0 aromatic heterocycles. The zero-order valence-corrected chi connectivity index (χ0v) is 12.4. The first kappa shape index (κ1) is 15.1. The van der Waals surface area contributed by atoms with Crippen molar-refractivity contribution in [2.24, 2.45) is 5.41 Å². The summed E-state index contributed by atoms with van der Waals surface area (Å²) in [5.74, 6) is 0.0818. The molecule has 1 rings (SSSR count). The number of nitrogens with two attached hydrogens (primary N) is 1. The Bertz CT molecular complexity index is 521. The molecule has 18 heavy (non-hydrogen) atoms. The van der Waals surface area contributed by atoms with Crippen LogP contribution in [0.3, 0.4) is 0 Å². The molecule has 3 N–H and O–H groups in total. The van der Waals surface area contributed by atoms with Crippen molar-refractivity contribution in [1.82, 2.24) is 0 Å². The molecule has 1 aromatic rings. The number of hydrogen-bond acceptors (Lipinski definition) is 3. The third-order valence-electron chi connectivity index (χ3n) is 2.39. The normalized spacial score (nSPS) is 12.4. The van der Waals surface area contributed by atoms with Gasteiger partial charge in [-0.3, -0.25) is 4.72 Å². The lowest BCUT2D eigenvalue weighted by atomic mass is 9.94. The number of halogens is 1. The number of rotatable bonds is 4. The topological polar surface area (TPSA) is 72.2 Å².